The number of hydrogen-bond donors (Lipinski definition) is 1. The summed E-state index contributed by atoms with van der Waals surface area (Å²) >= 11 is 0. The van der Waals surface area contributed by atoms with Crippen molar-refractivity contribution in [3.8, 4) is 0 Å². The second-order valence-electron chi connectivity index (χ2n) is 8.59. The van der Waals surface area contributed by atoms with Gasteiger partial charge in [0.15, 0.2) is 0 Å². The van der Waals surface area contributed by atoms with Gasteiger partial charge in [-0.2, -0.15) is 0 Å². The molecule has 0 radical (unpaired) electrons. The molecule has 2 aliphatic heterocycles. The maximum atomic E-state index is 13.1. The summed E-state index contributed by atoms with van der Waals surface area (Å²) in [5.41, 5.74) is 1.61. The van der Waals surface area contributed by atoms with Crippen LogP contribution in [0.2, 0.25) is 0 Å². The number of urea groups is 1. The van der Waals surface area contributed by atoms with Crippen molar-refractivity contribution in [3.05, 3.63) is 29.8 Å². The third-order valence-corrected chi connectivity index (χ3v) is 6.88. The lowest BCUT2D eigenvalue weighted by Gasteiger charge is -2.38. The van der Waals surface area contributed by atoms with Gasteiger partial charge < -0.3 is 15.1 Å². The van der Waals surface area contributed by atoms with E-state index in [1.807, 2.05) is 19.1 Å². The zero-order valence-corrected chi connectivity index (χ0v) is 17.3. The summed E-state index contributed by atoms with van der Waals surface area (Å²) in [5, 5.41) is 2.92. The van der Waals surface area contributed by atoms with Crippen molar-refractivity contribution in [3.63, 3.8) is 0 Å². The first-order chi connectivity index (χ1) is 13.9. The van der Waals surface area contributed by atoms with Gasteiger partial charge in [0.1, 0.15) is 12.1 Å². The van der Waals surface area contributed by atoms with Gasteiger partial charge in [0.05, 0.1) is 0 Å². The van der Waals surface area contributed by atoms with E-state index in [1.54, 1.807) is 4.90 Å². The summed E-state index contributed by atoms with van der Waals surface area (Å²) in [7, 11) is 0. The third kappa shape index (κ3) is 3.47. The van der Waals surface area contributed by atoms with Gasteiger partial charge in [0.2, 0.25) is 5.91 Å². The highest BCUT2D eigenvalue weighted by Gasteiger charge is 2.55. The fraction of sp³-hybridized carbons (Fsp3) is 0.591. The molecule has 1 aliphatic carbocycles. The first kappa shape index (κ1) is 19.7. The summed E-state index contributed by atoms with van der Waals surface area (Å²) in [5.74, 6) is -0.273. The van der Waals surface area contributed by atoms with Crippen LogP contribution in [0.3, 0.4) is 0 Å². The standard InChI is InChI=1S/C22H30N4O3/c1-16-7-3-4-9-18(16)24-11-13-25(14-12-24)19(27)15-26-20(28)22(23-21(26)29)10-6-5-8-17(22)2/h3-4,7,9,17H,5-6,8,10-15H2,1-2H3,(H,23,29)/t17-,22-/m0/s1. The van der Waals surface area contributed by atoms with Crippen LogP contribution in [0.4, 0.5) is 10.5 Å². The highest BCUT2D eigenvalue weighted by atomic mass is 16.2. The fourth-order valence-corrected chi connectivity index (χ4v) is 4.99. The Hall–Kier alpha value is -2.57. The average Bonchev–Trinajstić information content (AvgIpc) is 2.96. The molecule has 7 heteroatoms. The molecule has 3 fully saturated rings. The van der Waals surface area contributed by atoms with Gasteiger partial charge in [-0.3, -0.25) is 14.5 Å². The average molecular weight is 399 g/mol. The molecular formula is C22H30N4O3. The lowest BCUT2D eigenvalue weighted by Crippen LogP contribution is -2.55. The maximum absolute atomic E-state index is 13.1. The number of piperazine rings is 1. The number of carbonyl (C=O) groups excluding carboxylic acids is 3. The van der Waals surface area contributed by atoms with E-state index < -0.39 is 11.6 Å². The van der Waals surface area contributed by atoms with Crippen molar-refractivity contribution in [1.82, 2.24) is 15.1 Å². The van der Waals surface area contributed by atoms with Gasteiger partial charge in [-0.05, 0) is 37.3 Å². The van der Waals surface area contributed by atoms with Crippen LogP contribution in [0.15, 0.2) is 24.3 Å². The topological polar surface area (TPSA) is 73.0 Å². The number of rotatable bonds is 3. The smallest absolute Gasteiger partial charge is 0.325 e. The molecule has 1 aromatic rings. The number of aryl methyl sites for hydroxylation is 1. The van der Waals surface area contributed by atoms with Gasteiger partial charge in [-0.1, -0.05) is 38.0 Å². The quantitative estimate of drug-likeness (QED) is 0.792. The minimum Gasteiger partial charge on any atom is -0.368 e. The molecule has 1 spiro atoms. The van der Waals surface area contributed by atoms with Crippen LogP contribution in [-0.2, 0) is 9.59 Å². The zero-order valence-electron chi connectivity index (χ0n) is 17.3. The van der Waals surface area contributed by atoms with E-state index in [1.165, 1.54) is 11.3 Å². The Morgan fingerprint density at radius 2 is 1.86 bits per heavy atom. The molecule has 4 rings (SSSR count). The number of imide groups is 1. The van der Waals surface area contributed by atoms with Crippen LogP contribution >= 0.6 is 0 Å². The van der Waals surface area contributed by atoms with E-state index >= 15 is 0 Å². The highest BCUT2D eigenvalue weighted by Crippen LogP contribution is 2.38. The number of amides is 4. The Balaban J connectivity index is 1.37. The van der Waals surface area contributed by atoms with E-state index in [0.29, 0.717) is 19.5 Å². The Labute approximate surface area is 172 Å². The Bertz CT molecular complexity index is 818. The van der Waals surface area contributed by atoms with Crippen LogP contribution in [0.25, 0.3) is 0 Å². The zero-order chi connectivity index (χ0) is 20.6. The molecule has 7 nitrogen and oxygen atoms in total. The van der Waals surface area contributed by atoms with E-state index in [0.717, 1.165) is 37.3 Å². The molecule has 2 saturated heterocycles. The number of carbonyl (C=O) groups is 3. The van der Waals surface area contributed by atoms with E-state index in [2.05, 4.69) is 29.3 Å². The molecule has 4 amide bonds. The molecule has 0 bridgehead atoms. The molecule has 29 heavy (non-hydrogen) atoms. The molecular weight excluding hydrogens is 368 g/mol. The molecule has 1 N–H and O–H groups in total. The maximum Gasteiger partial charge on any atom is 0.325 e. The van der Waals surface area contributed by atoms with Crippen LogP contribution < -0.4 is 10.2 Å². The summed E-state index contributed by atoms with van der Waals surface area (Å²) in [6.45, 7) is 6.63. The van der Waals surface area contributed by atoms with Crippen LogP contribution in [-0.4, -0.2) is 65.9 Å². The second kappa shape index (κ2) is 7.69. The van der Waals surface area contributed by atoms with Crippen molar-refractivity contribution in [1.29, 1.82) is 0 Å². The summed E-state index contributed by atoms with van der Waals surface area (Å²) in [6.07, 6.45) is 3.60. The first-order valence-corrected chi connectivity index (χ1v) is 10.6. The molecule has 3 aliphatic rings. The van der Waals surface area contributed by atoms with Crippen LogP contribution in [0.5, 0.6) is 0 Å². The fourth-order valence-electron chi connectivity index (χ4n) is 4.99. The number of nitrogens with zero attached hydrogens (tertiary/aromatic N) is 3. The monoisotopic (exact) mass is 398 g/mol. The minimum absolute atomic E-state index is 0.102. The van der Waals surface area contributed by atoms with E-state index in [9.17, 15) is 14.4 Å². The Morgan fingerprint density at radius 1 is 1.14 bits per heavy atom. The number of para-hydroxylation sites is 1. The van der Waals surface area contributed by atoms with Crippen molar-refractivity contribution < 1.29 is 14.4 Å². The molecule has 2 heterocycles. The van der Waals surface area contributed by atoms with Crippen molar-refractivity contribution in [2.24, 2.45) is 5.92 Å². The van der Waals surface area contributed by atoms with Gasteiger partial charge >= 0.3 is 6.03 Å². The largest absolute Gasteiger partial charge is 0.368 e. The van der Waals surface area contributed by atoms with Gasteiger partial charge in [0, 0.05) is 31.9 Å². The lowest BCUT2D eigenvalue weighted by molar-refractivity contribution is -0.140. The Morgan fingerprint density at radius 3 is 2.55 bits per heavy atom. The van der Waals surface area contributed by atoms with Gasteiger partial charge in [-0.25, -0.2) is 4.79 Å². The van der Waals surface area contributed by atoms with Gasteiger partial charge in [-0.15, -0.1) is 0 Å². The summed E-state index contributed by atoms with van der Waals surface area (Å²) in [6, 6.07) is 7.82. The van der Waals surface area contributed by atoms with Crippen LogP contribution in [0, 0.1) is 12.8 Å². The van der Waals surface area contributed by atoms with Crippen molar-refractivity contribution in [2.75, 3.05) is 37.6 Å². The summed E-state index contributed by atoms with van der Waals surface area (Å²) in [4.78, 5) is 43.6. The van der Waals surface area contributed by atoms with E-state index in [4.69, 9.17) is 0 Å². The van der Waals surface area contributed by atoms with Crippen molar-refractivity contribution >= 4 is 23.5 Å². The number of anilines is 1. The summed E-state index contributed by atoms with van der Waals surface area (Å²) < 4.78 is 0. The molecule has 1 saturated carbocycles. The normalized spacial score (nSPS) is 27.5. The van der Waals surface area contributed by atoms with Crippen LogP contribution in [0.1, 0.15) is 38.2 Å². The first-order valence-electron chi connectivity index (χ1n) is 10.6. The number of nitrogens with one attached hydrogen (secondary N) is 1. The molecule has 1 aromatic carbocycles. The highest BCUT2D eigenvalue weighted by molar-refractivity contribution is 6.09. The lowest BCUT2D eigenvalue weighted by atomic mass is 9.73. The number of hydrogen-bond acceptors (Lipinski definition) is 4. The molecule has 0 unspecified atom stereocenters. The Kier molecular flexibility index (Phi) is 5.23. The second-order valence-corrected chi connectivity index (χ2v) is 8.59. The third-order valence-electron chi connectivity index (χ3n) is 6.88. The molecule has 156 valence electrons. The minimum atomic E-state index is -0.806. The predicted molar refractivity (Wildman–Crippen MR) is 111 cm³/mol. The molecule has 0 aromatic heterocycles. The SMILES string of the molecule is Cc1ccccc1N1CCN(C(=O)CN2C(=O)N[C@]3(CCCC[C@@H]3C)C2=O)CC1. The van der Waals surface area contributed by atoms with Gasteiger partial charge in [0.25, 0.3) is 5.91 Å². The van der Waals surface area contributed by atoms with E-state index in [-0.39, 0.29) is 24.3 Å². The molecule has 2 atom stereocenters. The van der Waals surface area contributed by atoms with Crippen molar-refractivity contribution in [2.45, 2.75) is 45.1 Å². The number of benzene rings is 1. The predicted octanol–water partition coefficient (Wildman–Crippen LogP) is 2.14.